The van der Waals surface area contributed by atoms with Crippen molar-refractivity contribution in [1.29, 1.82) is 0 Å². The number of fused-ring (bicyclic) bond motifs is 1. The van der Waals surface area contributed by atoms with E-state index in [0.717, 1.165) is 11.1 Å². The summed E-state index contributed by atoms with van der Waals surface area (Å²) in [6.45, 7) is 0.0851. The van der Waals surface area contributed by atoms with Crippen LogP contribution in [-0.2, 0) is 30.5 Å². The zero-order chi connectivity index (χ0) is 20.4. The number of esters is 2. The van der Waals surface area contributed by atoms with Gasteiger partial charge in [-0.2, -0.15) is 0 Å². The topological polar surface area (TPSA) is 72.9 Å². The molecule has 2 atom stereocenters. The van der Waals surface area contributed by atoms with E-state index in [0.29, 0.717) is 24.2 Å². The van der Waals surface area contributed by atoms with Crippen molar-refractivity contribution in [2.24, 2.45) is 0 Å². The first kappa shape index (κ1) is 19.5. The van der Waals surface area contributed by atoms with Crippen LogP contribution in [0.2, 0.25) is 0 Å². The predicted molar refractivity (Wildman–Crippen MR) is 108 cm³/mol. The predicted octanol–water partition coefficient (Wildman–Crippen LogP) is 3.11. The molecular formula is C22H21NO5S. The average Bonchev–Trinajstić information content (AvgIpc) is 3.32. The molecule has 0 aromatic heterocycles. The van der Waals surface area contributed by atoms with E-state index in [-0.39, 0.29) is 12.5 Å². The van der Waals surface area contributed by atoms with E-state index in [9.17, 15) is 14.4 Å². The number of amides is 1. The van der Waals surface area contributed by atoms with Crippen molar-refractivity contribution in [3.8, 4) is 0 Å². The van der Waals surface area contributed by atoms with Crippen molar-refractivity contribution in [2.45, 2.75) is 30.4 Å². The van der Waals surface area contributed by atoms with Crippen LogP contribution >= 0.6 is 11.8 Å². The third kappa shape index (κ3) is 3.51. The summed E-state index contributed by atoms with van der Waals surface area (Å²) in [4.78, 5) is 38.1. The first-order valence-corrected chi connectivity index (χ1v) is 10.4. The SMILES string of the molecule is COC(=O)c1ccc(COC(=O)[C@H]2CS[C@@]3(c4ccccc4)CCC(=O)N23)cc1. The monoisotopic (exact) mass is 411 g/mol. The zero-order valence-corrected chi connectivity index (χ0v) is 16.8. The minimum absolute atomic E-state index is 0.0109. The number of ether oxygens (including phenoxy) is 2. The highest BCUT2D eigenvalue weighted by Gasteiger charge is 2.57. The second kappa shape index (κ2) is 7.91. The molecule has 4 rings (SSSR count). The van der Waals surface area contributed by atoms with Gasteiger partial charge < -0.3 is 14.4 Å². The Morgan fingerprint density at radius 2 is 1.86 bits per heavy atom. The molecular weight excluding hydrogens is 390 g/mol. The molecule has 2 aliphatic heterocycles. The standard InChI is InChI=1S/C22H21NO5S/c1-27-20(25)16-9-7-15(8-10-16)13-28-21(26)18-14-29-22(12-11-19(24)23(18)22)17-5-3-2-4-6-17/h2-10,18H,11-14H2,1H3/t18-,22-/m1/s1. The Hall–Kier alpha value is -2.80. The molecule has 0 spiro atoms. The number of benzene rings is 2. The third-order valence-electron chi connectivity index (χ3n) is 5.38. The zero-order valence-electron chi connectivity index (χ0n) is 16.0. The summed E-state index contributed by atoms with van der Waals surface area (Å²) in [5, 5.41) is 0. The highest BCUT2D eigenvalue weighted by atomic mass is 32.2. The number of hydrogen-bond donors (Lipinski definition) is 0. The molecule has 0 unspecified atom stereocenters. The van der Waals surface area contributed by atoms with Crippen LogP contribution in [0.1, 0.15) is 34.3 Å². The first-order chi connectivity index (χ1) is 14.0. The van der Waals surface area contributed by atoms with Crippen LogP contribution in [0.15, 0.2) is 54.6 Å². The van der Waals surface area contributed by atoms with E-state index in [2.05, 4.69) is 4.74 Å². The summed E-state index contributed by atoms with van der Waals surface area (Å²) in [6.07, 6.45) is 1.12. The highest BCUT2D eigenvalue weighted by molar-refractivity contribution is 8.00. The maximum Gasteiger partial charge on any atom is 0.337 e. The normalized spacial score (nSPS) is 23.0. The summed E-state index contributed by atoms with van der Waals surface area (Å²) in [5.41, 5.74) is 2.24. The maximum atomic E-state index is 12.8. The highest BCUT2D eigenvalue weighted by Crippen LogP contribution is 2.54. The van der Waals surface area contributed by atoms with Gasteiger partial charge in [0.1, 0.15) is 17.5 Å². The molecule has 29 heavy (non-hydrogen) atoms. The van der Waals surface area contributed by atoms with E-state index in [1.165, 1.54) is 7.11 Å². The first-order valence-electron chi connectivity index (χ1n) is 9.41. The molecule has 0 N–H and O–H groups in total. The average molecular weight is 411 g/mol. The molecule has 1 amide bonds. The van der Waals surface area contributed by atoms with Crippen molar-refractivity contribution < 1.29 is 23.9 Å². The Balaban J connectivity index is 1.45. The van der Waals surface area contributed by atoms with Gasteiger partial charge in [-0.1, -0.05) is 42.5 Å². The maximum absolute atomic E-state index is 12.8. The van der Waals surface area contributed by atoms with E-state index in [1.807, 2.05) is 30.3 Å². The molecule has 0 saturated carbocycles. The van der Waals surface area contributed by atoms with Gasteiger partial charge in [0.25, 0.3) is 0 Å². The number of carbonyl (C=O) groups excluding carboxylic acids is 3. The summed E-state index contributed by atoms with van der Waals surface area (Å²) in [6, 6.07) is 16.0. The molecule has 150 valence electrons. The van der Waals surface area contributed by atoms with Crippen LogP contribution in [-0.4, -0.2) is 41.7 Å². The third-order valence-corrected chi connectivity index (χ3v) is 6.98. The number of thioether (sulfide) groups is 1. The van der Waals surface area contributed by atoms with Gasteiger partial charge in [0.2, 0.25) is 5.91 Å². The fraction of sp³-hybridized carbons (Fsp3) is 0.318. The number of rotatable bonds is 5. The summed E-state index contributed by atoms with van der Waals surface area (Å²) in [7, 11) is 1.33. The van der Waals surface area contributed by atoms with Crippen molar-refractivity contribution in [3.05, 3.63) is 71.3 Å². The van der Waals surface area contributed by atoms with Crippen LogP contribution in [0.4, 0.5) is 0 Å². The van der Waals surface area contributed by atoms with E-state index < -0.39 is 22.9 Å². The molecule has 2 aromatic carbocycles. The number of carbonyl (C=O) groups is 3. The smallest absolute Gasteiger partial charge is 0.337 e. The molecule has 7 heteroatoms. The Morgan fingerprint density at radius 1 is 1.14 bits per heavy atom. The van der Waals surface area contributed by atoms with Gasteiger partial charge in [0.05, 0.1) is 12.7 Å². The summed E-state index contributed by atoms with van der Waals surface area (Å²) >= 11 is 1.64. The molecule has 2 fully saturated rings. The van der Waals surface area contributed by atoms with Gasteiger partial charge in [-0.25, -0.2) is 9.59 Å². The van der Waals surface area contributed by atoms with Crippen LogP contribution < -0.4 is 0 Å². The summed E-state index contributed by atoms with van der Waals surface area (Å²) < 4.78 is 10.2. The van der Waals surface area contributed by atoms with E-state index in [4.69, 9.17) is 4.74 Å². The van der Waals surface area contributed by atoms with Crippen molar-refractivity contribution in [2.75, 3.05) is 12.9 Å². The van der Waals surface area contributed by atoms with Gasteiger partial charge in [-0.05, 0) is 29.7 Å². The molecule has 6 nitrogen and oxygen atoms in total. The molecule has 0 bridgehead atoms. The lowest BCUT2D eigenvalue weighted by Crippen LogP contribution is -2.46. The van der Waals surface area contributed by atoms with Crippen LogP contribution in [0, 0.1) is 0 Å². The minimum atomic E-state index is -0.593. The van der Waals surface area contributed by atoms with Gasteiger partial charge in [0, 0.05) is 12.2 Å². The van der Waals surface area contributed by atoms with Gasteiger partial charge >= 0.3 is 11.9 Å². The number of methoxy groups -OCH3 is 1. The Kier molecular flexibility index (Phi) is 5.32. The second-order valence-corrected chi connectivity index (χ2v) is 8.33. The molecule has 2 aliphatic rings. The van der Waals surface area contributed by atoms with Crippen molar-refractivity contribution in [1.82, 2.24) is 4.90 Å². The molecule has 2 heterocycles. The lowest BCUT2D eigenvalue weighted by atomic mass is 10.0. The molecule has 2 saturated heterocycles. The number of nitrogens with zero attached hydrogens (tertiary/aromatic N) is 1. The summed E-state index contributed by atoms with van der Waals surface area (Å²) in [5.74, 6) is -0.312. The van der Waals surface area contributed by atoms with Gasteiger partial charge in [0.15, 0.2) is 0 Å². The molecule has 2 aromatic rings. The Bertz CT molecular complexity index is 930. The van der Waals surface area contributed by atoms with Crippen LogP contribution in [0.3, 0.4) is 0 Å². The molecule has 0 radical (unpaired) electrons. The van der Waals surface area contributed by atoms with E-state index in [1.54, 1.807) is 40.9 Å². The number of hydrogen-bond acceptors (Lipinski definition) is 6. The Morgan fingerprint density at radius 3 is 2.55 bits per heavy atom. The van der Waals surface area contributed by atoms with Crippen molar-refractivity contribution >= 4 is 29.6 Å². The second-order valence-electron chi connectivity index (χ2n) is 7.04. The quantitative estimate of drug-likeness (QED) is 0.704. The largest absolute Gasteiger partial charge is 0.465 e. The van der Waals surface area contributed by atoms with Gasteiger partial charge in [-0.15, -0.1) is 11.8 Å². The fourth-order valence-electron chi connectivity index (χ4n) is 3.92. The van der Waals surface area contributed by atoms with Crippen LogP contribution in [0.25, 0.3) is 0 Å². The molecule has 0 aliphatic carbocycles. The van der Waals surface area contributed by atoms with Crippen molar-refractivity contribution in [3.63, 3.8) is 0 Å². The lowest BCUT2D eigenvalue weighted by molar-refractivity contribution is -0.155. The Labute approximate surface area is 173 Å². The van der Waals surface area contributed by atoms with Crippen LogP contribution in [0.5, 0.6) is 0 Å². The lowest BCUT2D eigenvalue weighted by Gasteiger charge is -2.33. The van der Waals surface area contributed by atoms with E-state index >= 15 is 0 Å². The van der Waals surface area contributed by atoms with Gasteiger partial charge in [-0.3, -0.25) is 4.79 Å². The fourth-order valence-corrected chi connectivity index (χ4v) is 5.56. The minimum Gasteiger partial charge on any atom is -0.465 e.